The quantitative estimate of drug-likeness (QED) is 0.752. The van der Waals surface area contributed by atoms with Crippen LogP contribution in [0.1, 0.15) is 21.9 Å². The molecule has 1 amide bonds. The molecule has 0 aliphatic carbocycles. The van der Waals surface area contributed by atoms with Crippen LogP contribution in [0.2, 0.25) is 0 Å². The van der Waals surface area contributed by atoms with E-state index in [1.54, 1.807) is 6.92 Å². The lowest BCUT2D eigenvalue weighted by molar-refractivity contribution is 0.0940. The van der Waals surface area contributed by atoms with Crippen LogP contribution in [0.3, 0.4) is 0 Å². The first-order valence-corrected chi connectivity index (χ1v) is 5.99. The number of hydrogen-bond donors (Lipinski definition) is 1. The number of anilines is 1. The molecule has 6 nitrogen and oxygen atoms in total. The van der Waals surface area contributed by atoms with Crippen LogP contribution in [0, 0.1) is 24.2 Å². The lowest BCUT2D eigenvalue weighted by Crippen LogP contribution is -2.48. The molecule has 1 aromatic heterocycles. The number of rotatable bonds is 1. The zero-order valence-electron chi connectivity index (χ0n) is 10.1. The van der Waals surface area contributed by atoms with Crippen LogP contribution < -0.4 is 10.2 Å². The number of aryl methyl sites for hydroxylation is 1. The molecular weight excluding hydrogens is 230 g/mol. The van der Waals surface area contributed by atoms with E-state index < -0.39 is 0 Å². The van der Waals surface area contributed by atoms with Crippen molar-refractivity contribution < 1.29 is 4.79 Å². The normalized spacial score (nSPS) is 18.7. The number of nitrogens with one attached hydrogen (secondary N) is 1. The third-order valence-electron chi connectivity index (χ3n) is 3.34. The number of hydrogen-bond acceptors (Lipinski definition) is 5. The topological polar surface area (TPSA) is 81.9 Å². The highest BCUT2D eigenvalue weighted by molar-refractivity contribution is 5.96. The zero-order chi connectivity index (χ0) is 12.7. The van der Waals surface area contributed by atoms with Gasteiger partial charge >= 0.3 is 0 Å². The van der Waals surface area contributed by atoms with Gasteiger partial charge in [0.15, 0.2) is 0 Å². The zero-order valence-corrected chi connectivity index (χ0v) is 10.1. The van der Waals surface area contributed by atoms with Crippen LogP contribution >= 0.6 is 0 Å². The Kier molecular flexibility index (Phi) is 2.40. The van der Waals surface area contributed by atoms with E-state index in [9.17, 15) is 4.79 Å². The van der Waals surface area contributed by atoms with E-state index in [0.717, 1.165) is 17.8 Å². The molecule has 1 saturated heterocycles. The summed E-state index contributed by atoms with van der Waals surface area (Å²) in [5.74, 6) is 1.38. The molecule has 0 atom stereocenters. The fraction of sp³-hybridized carbons (Fsp3) is 0.500. The summed E-state index contributed by atoms with van der Waals surface area (Å²) in [7, 11) is 0. The maximum Gasteiger partial charge on any atom is 0.270 e. The number of aromatic nitrogens is 2. The summed E-state index contributed by atoms with van der Waals surface area (Å²) >= 11 is 0. The second kappa shape index (κ2) is 3.95. The van der Waals surface area contributed by atoms with Crippen molar-refractivity contribution >= 4 is 11.7 Å². The van der Waals surface area contributed by atoms with Crippen molar-refractivity contribution in [3.05, 3.63) is 17.1 Å². The van der Waals surface area contributed by atoms with Crippen LogP contribution in [0.15, 0.2) is 0 Å². The fourth-order valence-electron chi connectivity index (χ4n) is 2.38. The summed E-state index contributed by atoms with van der Waals surface area (Å²) in [5, 5.41) is 11.6. The molecule has 0 unspecified atom stereocenters. The van der Waals surface area contributed by atoms with E-state index in [1.807, 2.05) is 0 Å². The van der Waals surface area contributed by atoms with Gasteiger partial charge in [0.2, 0.25) is 0 Å². The molecule has 0 bridgehead atoms. The van der Waals surface area contributed by atoms with Crippen molar-refractivity contribution in [1.82, 2.24) is 15.3 Å². The van der Waals surface area contributed by atoms with E-state index in [0.29, 0.717) is 31.2 Å². The molecule has 0 saturated carbocycles. The summed E-state index contributed by atoms with van der Waals surface area (Å²) < 4.78 is 0. The molecular formula is C12H13N5O. The minimum atomic E-state index is -0.125. The van der Waals surface area contributed by atoms with Gasteiger partial charge in [-0.2, -0.15) is 5.26 Å². The van der Waals surface area contributed by atoms with E-state index in [4.69, 9.17) is 5.26 Å². The first-order valence-electron chi connectivity index (χ1n) is 5.99. The Bertz CT molecular complexity index is 556. The monoisotopic (exact) mass is 243 g/mol. The number of carbonyl (C=O) groups excluding carboxylic acids is 1. The number of nitrogens with zero attached hydrogens (tertiary/aromatic N) is 4. The molecule has 92 valence electrons. The molecule has 1 aromatic rings. The van der Waals surface area contributed by atoms with Crippen LogP contribution in [0.25, 0.3) is 0 Å². The molecule has 0 radical (unpaired) electrons. The molecule has 18 heavy (non-hydrogen) atoms. The second-order valence-corrected chi connectivity index (χ2v) is 4.66. The Hall–Kier alpha value is -2.16. The standard InChI is InChI=1S/C12H13N5O/c1-7-15-10-9(2-3-14-12(10)18)11(16-7)17-5-8(4-13)6-17/h8H,2-3,5-6H2,1H3,(H,14,18). The number of carbonyl (C=O) groups is 1. The Morgan fingerprint density at radius 3 is 2.94 bits per heavy atom. The Morgan fingerprint density at radius 2 is 2.22 bits per heavy atom. The Balaban J connectivity index is 2.00. The molecule has 3 rings (SSSR count). The minimum absolute atomic E-state index is 0.0772. The lowest BCUT2D eigenvalue weighted by atomic mass is 9.99. The van der Waals surface area contributed by atoms with Crippen LogP contribution in [-0.4, -0.2) is 35.5 Å². The molecule has 1 fully saturated rings. The van der Waals surface area contributed by atoms with Crippen LogP contribution in [-0.2, 0) is 6.42 Å². The molecule has 3 heterocycles. The van der Waals surface area contributed by atoms with Crippen molar-refractivity contribution in [1.29, 1.82) is 5.26 Å². The van der Waals surface area contributed by atoms with E-state index in [1.165, 1.54) is 0 Å². The third kappa shape index (κ3) is 1.59. The van der Waals surface area contributed by atoms with Gasteiger partial charge in [-0.05, 0) is 13.3 Å². The van der Waals surface area contributed by atoms with Crippen molar-refractivity contribution in [2.24, 2.45) is 5.92 Å². The van der Waals surface area contributed by atoms with Gasteiger partial charge in [0.1, 0.15) is 17.3 Å². The van der Waals surface area contributed by atoms with Crippen LogP contribution in [0.4, 0.5) is 5.82 Å². The smallest absolute Gasteiger partial charge is 0.270 e. The summed E-state index contributed by atoms with van der Waals surface area (Å²) in [6.07, 6.45) is 0.754. The summed E-state index contributed by atoms with van der Waals surface area (Å²) in [4.78, 5) is 22.5. The number of amides is 1. The first-order chi connectivity index (χ1) is 8.69. The van der Waals surface area contributed by atoms with Gasteiger partial charge in [0.05, 0.1) is 12.0 Å². The van der Waals surface area contributed by atoms with Gasteiger partial charge in [-0.1, -0.05) is 0 Å². The molecule has 6 heteroatoms. The van der Waals surface area contributed by atoms with Crippen molar-refractivity contribution in [2.75, 3.05) is 24.5 Å². The largest absolute Gasteiger partial charge is 0.353 e. The van der Waals surface area contributed by atoms with Crippen molar-refractivity contribution in [2.45, 2.75) is 13.3 Å². The van der Waals surface area contributed by atoms with Crippen molar-refractivity contribution in [3.63, 3.8) is 0 Å². The van der Waals surface area contributed by atoms with Gasteiger partial charge < -0.3 is 10.2 Å². The summed E-state index contributed by atoms with van der Waals surface area (Å²) in [6.45, 7) is 3.80. The van der Waals surface area contributed by atoms with E-state index in [2.05, 4.69) is 26.3 Å². The van der Waals surface area contributed by atoms with Gasteiger partial charge in [-0.25, -0.2) is 9.97 Å². The maximum atomic E-state index is 11.8. The average Bonchev–Trinajstić information content (AvgIpc) is 2.29. The number of fused-ring (bicyclic) bond motifs is 1. The minimum Gasteiger partial charge on any atom is -0.353 e. The highest BCUT2D eigenvalue weighted by atomic mass is 16.1. The molecule has 0 spiro atoms. The SMILES string of the molecule is Cc1nc2c(c(N3CC(C#N)C3)n1)CCNC2=O. The summed E-state index contributed by atoms with van der Waals surface area (Å²) in [6, 6.07) is 2.24. The van der Waals surface area contributed by atoms with Gasteiger partial charge in [0.25, 0.3) is 5.91 Å². The Morgan fingerprint density at radius 1 is 1.44 bits per heavy atom. The molecule has 2 aliphatic heterocycles. The van der Waals surface area contributed by atoms with E-state index >= 15 is 0 Å². The predicted molar refractivity (Wildman–Crippen MR) is 64.1 cm³/mol. The Labute approximate surface area is 105 Å². The van der Waals surface area contributed by atoms with Gasteiger partial charge in [-0.3, -0.25) is 4.79 Å². The van der Waals surface area contributed by atoms with E-state index in [-0.39, 0.29) is 11.8 Å². The first kappa shape index (κ1) is 11.0. The maximum absolute atomic E-state index is 11.8. The molecule has 0 aromatic carbocycles. The molecule has 2 aliphatic rings. The van der Waals surface area contributed by atoms with Crippen molar-refractivity contribution in [3.8, 4) is 6.07 Å². The van der Waals surface area contributed by atoms with Gasteiger partial charge in [-0.15, -0.1) is 0 Å². The third-order valence-corrected chi connectivity index (χ3v) is 3.34. The van der Waals surface area contributed by atoms with Gasteiger partial charge in [0, 0.05) is 25.2 Å². The highest BCUT2D eigenvalue weighted by Gasteiger charge is 2.32. The number of nitriles is 1. The summed E-state index contributed by atoms with van der Waals surface area (Å²) in [5.41, 5.74) is 1.41. The second-order valence-electron chi connectivity index (χ2n) is 4.66. The lowest BCUT2D eigenvalue weighted by Gasteiger charge is -2.38. The highest BCUT2D eigenvalue weighted by Crippen LogP contribution is 2.29. The molecule has 1 N–H and O–H groups in total. The van der Waals surface area contributed by atoms with Crippen LogP contribution in [0.5, 0.6) is 0 Å². The predicted octanol–water partition coefficient (Wildman–Crippen LogP) is 0.0307. The fourth-order valence-corrected chi connectivity index (χ4v) is 2.38. The average molecular weight is 243 g/mol.